The summed E-state index contributed by atoms with van der Waals surface area (Å²) in [5, 5.41) is 0.779. The first-order chi connectivity index (χ1) is 12.9. The van der Waals surface area contributed by atoms with Crippen LogP contribution in [-0.2, 0) is 4.74 Å². The quantitative estimate of drug-likeness (QED) is 0.519. The summed E-state index contributed by atoms with van der Waals surface area (Å²) >= 11 is 12.5. The van der Waals surface area contributed by atoms with Gasteiger partial charge in [0.05, 0.1) is 27.9 Å². The summed E-state index contributed by atoms with van der Waals surface area (Å²) in [6.07, 6.45) is 3.30. The molecule has 3 heterocycles. The predicted octanol–water partition coefficient (Wildman–Crippen LogP) is 2.07. The summed E-state index contributed by atoms with van der Waals surface area (Å²) in [5.74, 6) is 1.38. The van der Waals surface area contributed by atoms with Gasteiger partial charge in [-0.15, -0.1) is 0 Å². The molecule has 4 rings (SSSR count). The van der Waals surface area contributed by atoms with Gasteiger partial charge in [0, 0.05) is 19.7 Å². The minimum absolute atomic E-state index is 0. The molecule has 2 saturated heterocycles. The fraction of sp³-hybridized carbons (Fsp3) is 0.455. The molecule has 1 aromatic carbocycles. The first-order valence-electron chi connectivity index (χ1n) is 9.29. The van der Waals surface area contributed by atoms with Gasteiger partial charge in [0.15, 0.2) is 0 Å². The number of aryl methyl sites for hydroxylation is 1. The summed E-state index contributed by atoms with van der Waals surface area (Å²) in [6, 6.07) is 5.28. The maximum atomic E-state index is 13.1. The number of ether oxygens (including phenoxy) is 1. The molecule has 0 aliphatic carbocycles. The molecule has 0 radical (unpaired) electrons. The fourth-order valence-corrected chi connectivity index (χ4v) is 4.57. The molecule has 2 aliphatic heterocycles. The van der Waals surface area contributed by atoms with Crippen LogP contribution in [0.2, 0.25) is 10.0 Å². The SMILES string of the molecule is Cc1c(N2CCC3(CCOC3)CC2)nc(C)n(-c2cccc(Cl)c2Cl)c1=O.[CH3-].[CH3-].[Cs+]. The molecule has 2 aromatic rings. The Hall–Kier alpha value is 0.492. The second-order valence-corrected chi connectivity index (χ2v) is 8.40. The molecule has 1 spiro atoms. The monoisotopic (exact) mass is 570 g/mol. The zero-order chi connectivity index (χ0) is 19.2. The van der Waals surface area contributed by atoms with Crippen LogP contribution in [0.4, 0.5) is 5.82 Å². The van der Waals surface area contributed by atoms with Gasteiger partial charge in [0.2, 0.25) is 0 Å². The van der Waals surface area contributed by atoms with Crippen LogP contribution < -0.4 is 79.4 Å². The number of hydrogen-bond donors (Lipinski definition) is 0. The second-order valence-electron chi connectivity index (χ2n) is 7.61. The first-order valence-corrected chi connectivity index (χ1v) is 10.0. The summed E-state index contributed by atoms with van der Waals surface area (Å²) in [5.41, 5.74) is 1.42. The number of hydrogen-bond acceptors (Lipinski definition) is 4. The molecule has 0 atom stereocenters. The van der Waals surface area contributed by atoms with Gasteiger partial charge in [-0.05, 0) is 50.7 Å². The molecule has 2 aliphatic rings. The van der Waals surface area contributed by atoms with Crippen LogP contribution in [0.25, 0.3) is 5.69 Å². The summed E-state index contributed by atoms with van der Waals surface area (Å²) in [6.45, 7) is 7.20. The van der Waals surface area contributed by atoms with Crippen LogP contribution in [0.15, 0.2) is 23.0 Å². The van der Waals surface area contributed by atoms with E-state index >= 15 is 0 Å². The van der Waals surface area contributed by atoms with Crippen molar-refractivity contribution in [1.82, 2.24) is 9.55 Å². The van der Waals surface area contributed by atoms with E-state index in [-0.39, 0.29) is 89.3 Å². The van der Waals surface area contributed by atoms with E-state index in [2.05, 4.69) is 4.90 Å². The first kappa shape index (κ1) is 28.5. The Morgan fingerprint density at radius 1 is 1.10 bits per heavy atom. The third kappa shape index (κ3) is 5.34. The zero-order valence-corrected chi connectivity index (χ0v) is 26.4. The summed E-state index contributed by atoms with van der Waals surface area (Å²) in [4.78, 5) is 20.1. The van der Waals surface area contributed by atoms with Crippen molar-refractivity contribution >= 4 is 29.0 Å². The van der Waals surface area contributed by atoms with Crippen molar-refractivity contribution < 1.29 is 73.6 Å². The van der Waals surface area contributed by atoms with Crippen molar-refractivity contribution in [2.45, 2.75) is 33.1 Å². The van der Waals surface area contributed by atoms with Crippen molar-refractivity contribution in [3.63, 3.8) is 0 Å². The summed E-state index contributed by atoms with van der Waals surface area (Å²) in [7, 11) is 0. The number of halogens is 2. The molecular formula is C22H29Cl2CsN3O2-. The van der Waals surface area contributed by atoms with Gasteiger partial charge >= 0.3 is 68.9 Å². The van der Waals surface area contributed by atoms with Crippen molar-refractivity contribution in [1.29, 1.82) is 0 Å². The smallest absolute Gasteiger partial charge is 0.381 e. The van der Waals surface area contributed by atoms with E-state index in [1.165, 1.54) is 0 Å². The number of aromatic nitrogens is 2. The Labute approximate surface area is 248 Å². The van der Waals surface area contributed by atoms with Gasteiger partial charge in [0.1, 0.15) is 11.6 Å². The Morgan fingerprint density at radius 2 is 1.77 bits per heavy atom. The molecule has 0 amide bonds. The molecule has 1 aromatic heterocycles. The zero-order valence-electron chi connectivity index (χ0n) is 18.6. The standard InChI is InChI=1S/C20H23Cl2N3O2.2CH3.Cs/c1-13-18(24-9-6-20(7-10-24)8-11-27-12-20)23-14(2)25(19(13)26)16-5-3-4-15(21)17(16)22;;;/h3-5H,6-12H2,1-2H3;2*1H3;/q;2*-1;+1. The molecule has 8 heteroatoms. The molecule has 0 saturated carbocycles. The molecule has 5 nitrogen and oxygen atoms in total. The van der Waals surface area contributed by atoms with Crippen molar-refractivity contribution in [3.05, 3.63) is 64.8 Å². The molecule has 2 fully saturated rings. The van der Waals surface area contributed by atoms with Crippen molar-refractivity contribution in [2.75, 3.05) is 31.2 Å². The van der Waals surface area contributed by atoms with E-state index in [0.29, 0.717) is 32.5 Å². The van der Waals surface area contributed by atoms with Gasteiger partial charge < -0.3 is 24.5 Å². The third-order valence-corrected chi connectivity index (χ3v) is 6.74. The number of benzene rings is 1. The van der Waals surface area contributed by atoms with Gasteiger partial charge in [-0.3, -0.25) is 9.36 Å². The van der Waals surface area contributed by atoms with Gasteiger partial charge in [-0.1, -0.05) is 29.3 Å². The van der Waals surface area contributed by atoms with Gasteiger partial charge in [-0.25, -0.2) is 4.98 Å². The molecule has 0 N–H and O–H groups in total. The van der Waals surface area contributed by atoms with Crippen LogP contribution in [0.1, 0.15) is 30.7 Å². The normalized spacial score (nSPS) is 17.1. The maximum Gasteiger partial charge on any atom is 1.00 e. The van der Waals surface area contributed by atoms with E-state index < -0.39 is 0 Å². The predicted molar refractivity (Wildman–Crippen MR) is 121 cm³/mol. The number of nitrogens with zero attached hydrogens (tertiary/aromatic N) is 3. The average molecular weight is 571 g/mol. The molecule has 160 valence electrons. The van der Waals surface area contributed by atoms with E-state index in [4.69, 9.17) is 32.9 Å². The van der Waals surface area contributed by atoms with E-state index in [9.17, 15) is 4.79 Å². The molecule has 30 heavy (non-hydrogen) atoms. The van der Waals surface area contributed by atoms with Crippen LogP contribution in [0.3, 0.4) is 0 Å². The van der Waals surface area contributed by atoms with Gasteiger partial charge in [0.25, 0.3) is 5.56 Å². The minimum Gasteiger partial charge on any atom is -0.381 e. The van der Waals surface area contributed by atoms with Crippen LogP contribution in [-0.4, -0.2) is 35.9 Å². The molecule has 0 unspecified atom stereocenters. The number of rotatable bonds is 2. The van der Waals surface area contributed by atoms with Crippen LogP contribution >= 0.6 is 23.2 Å². The number of piperidine rings is 1. The van der Waals surface area contributed by atoms with Gasteiger partial charge in [-0.2, -0.15) is 0 Å². The van der Waals surface area contributed by atoms with Crippen LogP contribution in [0.5, 0.6) is 0 Å². The van der Waals surface area contributed by atoms with E-state index in [1.54, 1.807) is 22.8 Å². The Balaban J connectivity index is 0.00000150. The largest absolute Gasteiger partial charge is 1.00 e. The van der Waals surface area contributed by atoms with Crippen LogP contribution in [0, 0.1) is 34.1 Å². The van der Waals surface area contributed by atoms with E-state index in [0.717, 1.165) is 51.4 Å². The minimum atomic E-state index is -0.105. The third-order valence-electron chi connectivity index (χ3n) is 5.93. The van der Waals surface area contributed by atoms with Crippen molar-refractivity contribution in [2.24, 2.45) is 5.41 Å². The van der Waals surface area contributed by atoms with E-state index in [1.807, 2.05) is 13.8 Å². The van der Waals surface area contributed by atoms with Crippen molar-refractivity contribution in [3.8, 4) is 5.69 Å². The second kappa shape index (κ2) is 11.6. The Kier molecular flexibility index (Phi) is 11.0. The summed E-state index contributed by atoms with van der Waals surface area (Å²) < 4.78 is 7.16. The fourth-order valence-electron chi connectivity index (χ4n) is 4.19. The Bertz CT molecular complexity index is 933. The molecule has 0 bridgehead atoms. The average Bonchev–Trinajstić information content (AvgIpc) is 3.11. The Morgan fingerprint density at radius 3 is 2.37 bits per heavy atom. The maximum absolute atomic E-state index is 13.1. The topological polar surface area (TPSA) is 47.4 Å². The molecular weight excluding hydrogens is 542 g/mol. The number of anilines is 1.